The molecule has 1 unspecified atom stereocenters. The second-order valence-electron chi connectivity index (χ2n) is 6.14. The Bertz CT molecular complexity index is 936. The average molecular weight is 427 g/mol. The maximum Gasteiger partial charge on any atom is 0.337 e. The van der Waals surface area contributed by atoms with Crippen LogP contribution in [0.1, 0.15) is 22.3 Å². The zero-order valence-corrected chi connectivity index (χ0v) is 16.3. The van der Waals surface area contributed by atoms with E-state index in [2.05, 4.69) is 4.98 Å². The number of carboxylic acid groups (broad SMARTS) is 2. The van der Waals surface area contributed by atoms with E-state index in [0.29, 0.717) is 13.1 Å². The van der Waals surface area contributed by atoms with Gasteiger partial charge in [0.15, 0.2) is 0 Å². The van der Waals surface area contributed by atoms with Crippen LogP contribution >= 0.6 is 11.6 Å². The standard InChI is InChI=1S/C17H17ClN2O4S.CH2O2/c18-16-4-3-14(9-15(16)17(21)22)25(23,24)20-7-5-13(11-20)8-12-2-1-6-19-10-12;2-1-3/h1-4,6,9-10,13H,5,7-8,11H2,(H,21,22);1H,(H,2,3). The topological polar surface area (TPSA) is 125 Å². The van der Waals surface area contributed by atoms with E-state index >= 15 is 0 Å². The summed E-state index contributed by atoms with van der Waals surface area (Å²) in [5.74, 6) is -1.04. The van der Waals surface area contributed by atoms with Crippen molar-refractivity contribution in [1.29, 1.82) is 0 Å². The number of pyridine rings is 1. The Kier molecular flexibility index (Phi) is 7.50. The first-order valence-electron chi connectivity index (χ1n) is 8.29. The van der Waals surface area contributed by atoms with Gasteiger partial charge in [0.05, 0.1) is 15.5 Å². The fourth-order valence-electron chi connectivity index (χ4n) is 3.01. The number of carbonyl (C=O) groups is 2. The SMILES string of the molecule is O=C(O)c1cc(S(=O)(=O)N2CCC(Cc3cccnc3)C2)ccc1Cl.O=CO. The summed E-state index contributed by atoms with van der Waals surface area (Å²) in [6.07, 6.45) is 5.01. The first-order valence-corrected chi connectivity index (χ1v) is 10.1. The van der Waals surface area contributed by atoms with Crippen molar-refractivity contribution in [2.24, 2.45) is 5.92 Å². The first-order chi connectivity index (χ1) is 13.3. The Labute approximate surface area is 167 Å². The minimum Gasteiger partial charge on any atom is -0.483 e. The third kappa shape index (κ3) is 5.28. The molecule has 10 heteroatoms. The molecule has 1 aliphatic rings. The van der Waals surface area contributed by atoms with E-state index < -0.39 is 16.0 Å². The van der Waals surface area contributed by atoms with Crippen molar-refractivity contribution in [2.75, 3.05) is 13.1 Å². The Morgan fingerprint density at radius 1 is 1.36 bits per heavy atom. The highest BCUT2D eigenvalue weighted by molar-refractivity contribution is 7.89. The second kappa shape index (κ2) is 9.63. The number of aromatic nitrogens is 1. The lowest BCUT2D eigenvalue weighted by molar-refractivity contribution is -0.122. The molecule has 0 amide bonds. The van der Waals surface area contributed by atoms with Crippen molar-refractivity contribution in [2.45, 2.75) is 17.7 Å². The highest BCUT2D eigenvalue weighted by Gasteiger charge is 2.33. The van der Waals surface area contributed by atoms with Crippen LogP contribution in [-0.2, 0) is 21.2 Å². The maximum atomic E-state index is 12.8. The molecule has 1 saturated heterocycles. The quantitative estimate of drug-likeness (QED) is 0.703. The predicted octanol–water partition coefficient (Wildman–Crippen LogP) is 2.39. The lowest BCUT2D eigenvalue weighted by Gasteiger charge is -2.17. The highest BCUT2D eigenvalue weighted by Crippen LogP contribution is 2.28. The number of carboxylic acids is 1. The van der Waals surface area contributed by atoms with Crippen LogP contribution in [0.4, 0.5) is 0 Å². The second-order valence-corrected chi connectivity index (χ2v) is 8.48. The molecule has 1 atom stereocenters. The third-order valence-electron chi connectivity index (χ3n) is 4.30. The summed E-state index contributed by atoms with van der Waals surface area (Å²) >= 11 is 5.82. The number of benzene rings is 1. The summed E-state index contributed by atoms with van der Waals surface area (Å²) in [6, 6.07) is 7.61. The van der Waals surface area contributed by atoms with E-state index in [1.54, 1.807) is 12.4 Å². The van der Waals surface area contributed by atoms with Gasteiger partial charge in [-0.3, -0.25) is 9.78 Å². The van der Waals surface area contributed by atoms with Crippen LogP contribution in [0.2, 0.25) is 5.02 Å². The van der Waals surface area contributed by atoms with Crippen LogP contribution in [0.3, 0.4) is 0 Å². The molecule has 0 spiro atoms. The van der Waals surface area contributed by atoms with E-state index in [-0.39, 0.29) is 27.9 Å². The number of sulfonamides is 1. The van der Waals surface area contributed by atoms with Gasteiger partial charge in [-0.25, -0.2) is 13.2 Å². The highest BCUT2D eigenvalue weighted by atomic mass is 35.5. The first kappa shape index (κ1) is 21.8. The van der Waals surface area contributed by atoms with Crippen LogP contribution in [-0.4, -0.2) is 53.5 Å². The van der Waals surface area contributed by atoms with Crippen molar-refractivity contribution in [3.63, 3.8) is 0 Å². The Morgan fingerprint density at radius 3 is 2.68 bits per heavy atom. The van der Waals surface area contributed by atoms with Gasteiger partial charge in [-0.2, -0.15) is 4.31 Å². The number of aromatic carboxylic acids is 1. The van der Waals surface area contributed by atoms with Crippen molar-refractivity contribution in [3.8, 4) is 0 Å². The molecule has 2 heterocycles. The summed E-state index contributed by atoms with van der Waals surface area (Å²) in [5.41, 5.74) is 0.861. The van der Waals surface area contributed by atoms with Gasteiger partial charge in [0.1, 0.15) is 0 Å². The molecule has 2 aromatic rings. The Morgan fingerprint density at radius 2 is 2.07 bits per heavy atom. The van der Waals surface area contributed by atoms with Crippen LogP contribution in [0, 0.1) is 5.92 Å². The number of nitrogens with zero attached hydrogens (tertiary/aromatic N) is 2. The number of hydrogen-bond donors (Lipinski definition) is 2. The zero-order valence-electron chi connectivity index (χ0n) is 14.7. The minimum atomic E-state index is -3.74. The summed E-state index contributed by atoms with van der Waals surface area (Å²) < 4.78 is 27.0. The van der Waals surface area contributed by atoms with Gasteiger partial charge in [0.2, 0.25) is 10.0 Å². The molecule has 0 aliphatic carbocycles. The van der Waals surface area contributed by atoms with Gasteiger partial charge in [-0.05, 0) is 48.6 Å². The van der Waals surface area contributed by atoms with Crippen LogP contribution in [0.15, 0.2) is 47.6 Å². The average Bonchev–Trinajstić information content (AvgIpc) is 3.12. The molecule has 0 saturated carbocycles. The van der Waals surface area contributed by atoms with Crippen molar-refractivity contribution in [1.82, 2.24) is 9.29 Å². The van der Waals surface area contributed by atoms with Crippen LogP contribution in [0.5, 0.6) is 0 Å². The molecule has 8 nitrogen and oxygen atoms in total. The van der Waals surface area contributed by atoms with Crippen molar-refractivity contribution < 1.29 is 28.2 Å². The lowest BCUT2D eigenvalue weighted by Crippen LogP contribution is -2.29. The van der Waals surface area contributed by atoms with Gasteiger partial charge in [0, 0.05) is 25.5 Å². The lowest BCUT2D eigenvalue weighted by atomic mass is 10.0. The third-order valence-corrected chi connectivity index (χ3v) is 6.49. The predicted molar refractivity (Wildman–Crippen MR) is 102 cm³/mol. The normalized spacial score (nSPS) is 16.8. The van der Waals surface area contributed by atoms with Gasteiger partial charge >= 0.3 is 5.97 Å². The Hall–Kier alpha value is -2.49. The molecule has 1 aromatic carbocycles. The molecule has 1 aliphatic heterocycles. The van der Waals surface area contributed by atoms with Crippen molar-refractivity contribution >= 4 is 34.1 Å². The fraction of sp³-hybridized carbons (Fsp3) is 0.278. The van der Waals surface area contributed by atoms with Crippen LogP contribution in [0.25, 0.3) is 0 Å². The molecule has 1 fully saturated rings. The zero-order chi connectivity index (χ0) is 20.7. The molecule has 0 radical (unpaired) electrons. The monoisotopic (exact) mass is 426 g/mol. The molecule has 0 bridgehead atoms. The van der Waals surface area contributed by atoms with Crippen molar-refractivity contribution in [3.05, 3.63) is 58.9 Å². The largest absolute Gasteiger partial charge is 0.483 e. The molecule has 2 N–H and O–H groups in total. The van der Waals surface area contributed by atoms with E-state index in [1.165, 1.54) is 16.4 Å². The molecule has 1 aromatic heterocycles. The summed E-state index contributed by atoms with van der Waals surface area (Å²) in [7, 11) is -3.74. The molecular weight excluding hydrogens is 408 g/mol. The molecule has 150 valence electrons. The summed E-state index contributed by atoms with van der Waals surface area (Å²) in [5, 5.41) is 16.0. The number of halogens is 1. The summed E-state index contributed by atoms with van der Waals surface area (Å²) in [6.45, 7) is 0.570. The fourth-order valence-corrected chi connectivity index (χ4v) is 4.77. The molecule has 28 heavy (non-hydrogen) atoms. The van der Waals surface area contributed by atoms with Crippen LogP contribution < -0.4 is 0 Å². The minimum absolute atomic E-state index is 0.0160. The van der Waals surface area contributed by atoms with Gasteiger partial charge < -0.3 is 10.2 Å². The van der Waals surface area contributed by atoms with E-state index in [9.17, 15) is 13.2 Å². The maximum absolute atomic E-state index is 12.8. The van der Waals surface area contributed by atoms with E-state index in [4.69, 9.17) is 26.6 Å². The smallest absolute Gasteiger partial charge is 0.337 e. The number of hydrogen-bond acceptors (Lipinski definition) is 5. The molecular formula is C18H19ClN2O6S. The van der Waals surface area contributed by atoms with E-state index in [1.807, 2.05) is 12.1 Å². The summed E-state index contributed by atoms with van der Waals surface area (Å²) in [4.78, 5) is 23.6. The Balaban J connectivity index is 0.000000878. The van der Waals surface area contributed by atoms with Gasteiger partial charge in [0.25, 0.3) is 6.47 Å². The molecule has 3 rings (SSSR count). The van der Waals surface area contributed by atoms with Gasteiger partial charge in [-0.15, -0.1) is 0 Å². The van der Waals surface area contributed by atoms with Gasteiger partial charge in [-0.1, -0.05) is 17.7 Å². The number of rotatable bonds is 5. The van der Waals surface area contributed by atoms with E-state index in [0.717, 1.165) is 24.5 Å².